The fraction of sp³-hybridized carbons (Fsp3) is 0.812. The minimum absolute atomic E-state index is 0.727. The zero-order valence-corrected chi connectivity index (χ0v) is 47.2. The van der Waals surface area contributed by atoms with Crippen molar-refractivity contribution in [2.45, 2.75) is 297 Å². The molecular formula is C64H118O3P+. The molecule has 0 N–H and O–H groups in total. The van der Waals surface area contributed by atoms with Crippen molar-refractivity contribution < 1.29 is 14.2 Å². The van der Waals surface area contributed by atoms with E-state index in [9.17, 15) is 0 Å². The van der Waals surface area contributed by atoms with Crippen molar-refractivity contribution in [1.29, 1.82) is 0 Å². The summed E-state index contributed by atoms with van der Waals surface area (Å²) in [4.78, 5) is 0. The molecule has 1 aromatic rings. The Hall–Kier alpha value is -1.73. The fourth-order valence-corrected chi connectivity index (χ4v) is 14.9. The second-order valence-electron chi connectivity index (χ2n) is 21.1. The molecule has 4 heteroatoms. The molecule has 0 spiro atoms. The smallest absolute Gasteiger partial charge is 0.203 e. The standard InChI is InChI=1S/C64H118O3P/c1-7-13-19-25-31-34-37-40-46-52-65-62-58-61(60-68(55-49-43-28-22-16-10-4,56-50-44-29-23-17-11-5)57-51-45-30-24-18-12-6)59-63(66-53-47-41-38-35-32-26-20-14-8-2)64(62)67-54-48-42-39-36-33-27-21-15-9-3/h7-9,58-59H,1-3,10-57,60H2,4-6H3/q+1. The molecule has 0 atom stereocenters. The van der Waals surface area contributed by atoms with E-state index in [4.69, 9.17) is 14.2 Å². The number of benzene rings is 1. The molecule has 0 aliphatic carbocycles. The van der Waals surface area contributed by atoms with Gasteiger partial charge in [-0.3, -0.25) is 0 Å². The van der Waals surface area contributed by atoms with E-state index in [0.717, 1.165) is 75.6 Å². The highest BCUT2D eigenvalue weighted by Crippen LogP contribution is 2.64. The van der Waals surface area contributed by atoms with Crippen molar-refractivity contribution in [3.63, 3.8) is 0 Å². The Bertz CT molecular complexity index is 1150. The second kappa shape index (κ2) is 50.2. The first-order chi connectivity index (χ1) is 33.6. The average molecular weight is 967 g/mol. The van der Waals surface area contributed by atoms with Crippen molar-refractivity contribution in [2.24, 2.45) is 0 Å². The van der Waals surface area contributed by atoms with Gasteiger partial charge in [0.05, 0.1) is 44.5 Å². The third kappa shape index (κ3) is 38.0. The fourth-order valence-electron chi connectivity index (χ4n) is 10.1. The van der Waals surface area contributed by atoms with E-state index >= 15 is 0 Å². The summed E-state index contributed by atoms with van der Waals surface area (Å²) < 4.78 is 20.7. The lowest BCUT2D eigenvalue weighted by atomic mass is 10.1. The van der Waals surface area contributed by atoms with Gasteiger partial charge in [-0.2, -0.15) is 0 Å². The van der Waals surface area contributed by atoms with E-state index in [1.807, 2.05) is 0 Å². The predicted octanol–water partition coefficient (Wildman–Crippen LogP) is 22.3. The van der Waals surface area contributed by atoms with Crippen LogP contribution in [0, 0.1) is 0 Å². The first-order valence-corrected chi connectivity index (χ1v) is 32.9. The Morgan fingerprint density at radius 3 is 0.912 bits per heavy atom. The molecule has 0 amide bonds. The van der Waals surface area contributed by atoms with E-state index in [-0.39, 0.29) is 0 Å². The summed E-state index contributed by atoms with van der Waals surface area (Å²) in [5, 5.41) is 0. The predicted molar refractivity (Wildman–Crippen MR) is 310 cm³/mol. The number of ether oxygens (including phenoxy) is 3. The Labute approximate surface area is 427 Å². The summed E-state index contributed by atoms with van der Waals surface area (Å²) >= 11 is 0. The lowest BCUT2D eigenvalue weighted by Crippen LogP contribution is -2.13. The molecule has 3 nitrogen and oxygen atoms in total. The summed E-state index contributed by atoms with van der Waals surface area (Å²) in [5.41, 5.74) is 1.47. The molecule has 0 unspecified atom stereocenters. The molecule has 0 aliphatic heterocycles. The first kappa shape index (κ1) is 64.3. The summed E-state index contributed by atoms with van der Waals surface area (Å²) in [6.45, 7) is 21.0. The van der Waals surface area contributed by atoms with Crippen molar-refractivity contribution in [1.82, 2.24) is 0 Å². The van der Waals surface area contributed by atoms with Crippen molar-refractivity contribution in [3.8, 4) is 17.2 Å². The van der Waals surface area contributed by atoms with Crippen LogP contribution >= 0.6 is 7.26 Å². The highest BCUT2D eigenvalue weighted by atomic mass is 31.2. The Morgan fingerprint density at radius 1 is 0.338 bits per heavy atom. The summed E-state index contributed by atoms with van der Waals surface area (Å²) in [7, 11) is -1.26. The van der Waals surface area contributed by atoms with E-state index in [1.54, 1.807) is 0 Å². The molecule has 396 valence electrons. The topological polar surface area (TPSA) is 27.7 Å². The molecule has 0 aromatic heterocycles. The van der Waals surface area contributed by atoms with Crippen LogP contribution in [0.3, 0.4) is 0 Å². The number of unbranched alkanes of at least 4 members (excludes halogenated alkanes) is 36. The molecule has 1 aromatic carbocycles. The summed E-state index contributed by atoms with van der Waals surface area (Å²) in [6.07, 6.45) is 66.9. The maximum Gasteiger partial charge on any atom is 0.203 e. The Balaban J connectivity index is 3.49. The normalized spacial score (nSPS) is 11.6. The number of rotatable bonds is 56. The van der Waals surface area contributed by atoms with Crippen LogP contribution in [0.2, 0.25) is 0 Å². The Morgan fingerprint density at radius 2 is 0.603 bits per heavy atom. The van der Waals surface area contributed by atoms with Crippen LogP contribution in [0.5, 0.6) is 17.2 Å². The third-order valence-electron chi connectivity index (χ3n) is 14.5. The molecule has 68 heavy (non-hydrogen) atoms. The van der Waals surface area contributed by atoms with Gasteiger partial charge in [0.1, 0.15) is 0 Å². The highest BCUT2D eigenvalue weighted by Gasteiger charge is 2.37. The van der Waals surface area contributed by atoms with Crippen LogP contribution in [0.15, 0.2) is 50.1 Å². The largest absolute Gasteiger partial charge is 0.490 e. The van der Waals surface area contributed by atoms with Gasteiger partial charge in [0.25, 0.3) is 0 Å². The first-order valence-electron chi connectivity index (χ1n) is 30.3. The molecule has 0 saturated carbocycles. The van der Waals surface area contributed by atoms with Crippen molar-refractivity contribution >= 4 is 7.26 Å². The Kier molecular flexibility index (Phi) is 47.5. The van der Waals surface area contributed by atoms with Crippen LogP contribution in [-0.2, 0) is 6.16 Å². The van der Waals surface area contributed by atoms with Crippen LogP contribution in [0.4, 0.5) is 0 Å². The molecular weight excluding hydrogens is 848 g/mol. The van der Waals surface area contributed by atoms with Crippen molar-refractivity contribution in [3.05, 3.63) is 55.7 Å². The van der Waals surface area contributed by atoms with Gasteiger partial charge in [0.2, 0.25) is 5.75 Å². The molecule has 0 heterocycles. The minimum atomic E-state index is -1.26. The molecule has 0 saturated heterocycles. The lowest BCUT2D eigenvalue weighted by molar-refractivity contribution is 0.234. The zero-order chi connectivity index (χ0) is 49.1. The SMILES string of the molecule is C=CCCCCCCCCCOc1cc(C[P+](CCCCCCCC)(CCCCCCCC)CCCCCCCC)cc(OCCCCCCCCCC=C)c1OCCCCCCCCCC=C. The second-order valence-corrected chi connectivity index (χ2v) is 25.4. The highest BCUT2D eigenvalue weighted by molar-refractivity contribution is 7.75. The van der Waals surface area contributed by atoms with Gasteiger partial charge in [0.15, 0.2) is 11.5 Å². The summed E-state index contributed by atoms with van der Waals surface area (Å²) in [6, 6.07) is 4.91. The van der Waals surface area contributed by atoms with E-state index in [2.05, 4.69) is 70.9 Å². The van der Waals surface area contributed by atoms with Crippen LogP contribution in [-0.4, -0.2) is 38.3 Å². The molecule has 0 radical (unpaired) electrons. The van der Waals surface area contributed by atoms with Gasteiger partial charge in [-0.25, -0.2) is 0 Å². The minimum Gasteiger partial charge on any atom is -0.490 e. The number of allylic oxidation sites excluding steroid dienone is 3. The molecule has 0 fully saturated rings. The van der Waals surface area contributed by atoms with E-state index < -0.39 is 7.26 Å². The van der Waals surface area contributed by atoms with Gasteiger partial charge >= 0.3 is 0 Å². The van der Waals surface area contributed by atoms with Crippen molar-refractivity contribution in [2.75, 3.05) is 38.3 Å². The maximum absolute atomic E-state index is 6.93. The van der Waals surface area contributed by atoms with Crippen LogP contribution in [0.1, 0.15) is 296 Å². The maximum atomic E-state index is 6.93. The molecule has 1 rings (SSSR count). The zero-order valence-electron chi connectivity index (χ0n) is 46.3. The van der Waals surface area contributed by atoms with E-state index in [1.165, 1.54) is 261 Å². The van der Waals surface area contributed by atoms with Crippen LogP contribution < -0.4 is 14.2 Å². The van der Waals surface area contributed by atoms with Gasteiger partial charge in [0, 0.05) is 7.26 Å². The monoisotopic (exact) mass is 966 g/mol. The van der Waals surface area contributed by atoms with E-state index in [0.29, 0.717) is 0 Å². The molecule has 0 aliphatic rings. The molecule has 0 bridgehead atoms. The van der Waals surface area contributed by atoms with Crippen LogP contribution in [0.25, 0.3) is 0 Å². The lowest BCUT2D eigenvalue weighted by Gasteiger charge is -2.29. The average Bonchev–Trinajstić information content (AvgIpc) is 3.34. The van der Waals surface area contributed by atoms with Gasteiger partial charge < -0.3 is 14.2 Å². The van der Waals surface area contributed by atoms with Gasteiger partial charge in [-0.1, -0.05) is 212 Å². The van der Waals surface area contributed by atoms with Gasteiger partial charge in [-0.05, 0) is 114 Å². The quantitative estimate of drug-likeness (QED) is 0.0370. The summed E-state index contributed by atoms with van der Waals surface area (Å²) in [5.74, 6) is 2.80. The number of hydrogen-bond acceptors (Lipinski definition) is 3. The van der Waals surface area contributed by atoms with Gasteiger partial charge in [-0.15, -0.1) is 19.7 Å². The third-order valence-corrected chi connectivity index (χ3v) is 19.3. The number of hydrogen-bond donors (Lipinski definition) is 0.